The lowest BCUT2D eigenvalue weighted by Crippen LogP contribution is -2.67. The largest absolute Gasteiger partial charge is 0.463 e. The van der Waals surface area contributed by atoms with Gasteiger partial charge in [-0.15, -0.1) is 0 Å². The number of ether oxygens (including phenoxy) is 14. The zero-order valence-electron chi connectivity index (χ0n) is 32.7. The van der Waals surface area contributed by atoms with Gasteiger partial charge in [0.05, 0.1) is 6.61 Å². The molecule has 0 aromatic heterocycles. The minimum atomic E-state index is -1.84. The zero-order chi connectivity index (χ0) is 42.2. The van der Waals surface area contributed by atoms with Crippen LogP contribution in [0.4, 0.5) is 0 Å². The molecule has 2 saturated heterocycles. The molecule has 1 aromatic rings. The molecule has 2 unspecified atom stereocenters. The van der Waals surface area contributed by atoms with Crippen LogP contribution in [0.2, 0.25) is 0 Å². The Morgan fingerprint density at radius 1 is 0.579 bits per heavy atom. The number of hydrogen-bond donors (Lipinski definition) is 0. The highest BCUT2D eigenvalue weighted by Crippen LogP contribution is 2.47. The Labute approximate surface area is 326 Å². The first-order valence-electron chi connectivity index (χ1n) is 17.7. The second-order valence-corrected chi connectivity index (χ2v) is 12.9. The monoisotopic (exact) mass is 814 g/mol. The molecule has 0 N–H and O–H groups in total. The van der Waals surface area contributed by atoms with Crippen molar-refractivity contribution < 1.29 is 99.9 Å². The van der Waals surface area contributed by atoms with E-state index in [4.69, 9.17) is 66.3 Å². The lowest BCUT2D eigenvalue weighted by Gasteiger charge is -2.48. The van der Waals surface area contributed by atoms with E-state index in [2.05, 4.69) is 0 Å². The number of hydrogen-bond acceptors (Lipinski definition) is 21. The maximum atomic E-state index is 12.7. The van der Waals surface area contributed by atoms with Gasteiger partial charge in [0.25, 0.3) is 0 Å². The summed E-state index contributed by atoms with van der Waals surface area (Å²) in [5.41, 5.74) is 0. The number of carbonyl (C=O) groups is 7. The van der Waals surface area contributed by atoms with Crippen molar-refractivity contribution in [2.45, 2.75) is 130 Å². The first kappa shape index (κ1) is 44.5. The molecule has 1 aromatic carbocycles. The molecule has 11 atom stereocenters. The van der Waals surface area contributed by atoms with Gasteiger partial charge >= 0.3 is 47.8 Å². The number of rotatable bonds is 15. The number of para-hydroxylation sites is 1. The Kier molecular flexibility index (Phi) is 15.0. The van der Waals surface area contributed by atoms with Crippen LogP contribution >= 0.6 is 0 Å². The molecule has 3 heterocycles. The van der Waals surface area contributed by atoms with Crippen molar-refractivity contribution in [1.29, 1.82) is 0 Å². The van der Waals surface area contributed by atoms with Crippen LogP contribution < -0.4 is 14.2 Å². The summed E-state index contributed by atoms with van der Waals surface area (Å²) >= 11 is 0. The third kappa shape index (κ3) is 11.9. The average Bonchev–Trinajstić information content (AvgIpc) is 3.44. The molecule has 0 radical (unpaired) electrons. The van der Waals surface area contributed by atoms with Crippen LogP contribution in [-0.2, 0) is 85.7 Å². The van der Waals surface area contributed by atoms with Crippen molar-refractivity contribution in [1.82, 2.24) is 0 Å². The van der Waals surface area contributed by atoms with Crippen LogP contribution in [0, 0.1) is 0 Å². The van der Waals surface area contributed by atoms with Crippen LogP contribution in [0.15, 0.2) is 18.2 Å². The molecule has 57 heavy (non-hydrogen) atoms. The number of fused-ring (bicyclic) bond motifs is 1. The first-order valence-corrected chi connectivity index (χ1v) is 17.7. The van der Waals surface area contributed by atoms with Gasteiger partial charge in [0.1, 0.15) is 31.5 Å². The SMILES string of the molecule is CCOC1(C)Oc2cccc(O[C@@H]3O[C@H](COC(C)=O)[C@@H](O[C@@H]4O[C@H](COC(C)=O)[C@H](OC(C)=O)[C@H](OC(C)=O)[C@H]4OC(C)=O)C(OC(C)=O)[C@H]3OC(C)=O)c2O1. The molecule has 0 saturated carbocycles. The van der Waals surface area contributed by atoms with Crippen molar-refractivity contribution >= 4 is 41.8 Å². The van der Waals surface area contributed by atoms with E-state index in [0.717, 1.165) is 48.5 Å². The molecular formula is C36H46O21. The molecule has 0 amide bonds. The number of esters is 7. The van der Waals surface area contributed by atoms with Crippen molar-refractivity contribution in [3.05, 3.63) is 18.2 Å². The summed E-state index contributed by atoms with van der Waals surface area (Å²) in [6.45, 7) is 9.71. The van der Waals surface area contributed by atoms with Crippen LogP contribution in [0.3, 0.4) is 0 Å². The van der Waals surface area contributed by atoms with Gasteiger partial charge in [0.2, 0.25) is 18.1 Å². The topological polar surface area (TPSA) is 249 Å². The van der Waals surface area contributed by atoms with Gasteiger partial charge < -0.3 is 66.3 Å². The fourth-order valence-corrected chi connectivity index (χ4v) is 6.19. The van der Waals surface area contributed by atoms with Gasteiger partial charge in [-0.3, -0.25) is 33.6 Å². The van der Waals surface area contributed by atoms with Crippen LogP contribution in [0.1, 0.15) is 62.3 Å². The Bertz CT molecular complexity index is 1660. The molecule has 0 bridgehead atoms. The summed E-state index contributed by atoms with van der Waals surface area (Å²) in [5.74, 6) is -7.27. The van der Waals surface area contributed by atoms with E-state index < -0.39 is 122 Å². The summed E-state index contributed by atoms with van der Waals surface area (Å²) in [6.07, 6.45) is -16.3. The molecule has 4 rings (SSSR count). The van der Waals surface area contributed by atoms with Gasteiger partial charge in [0.15, 0.2) is 42.2 Å². The standard InChI is InChI=1S/C36H46O21/c1-10-46-36(9)56-24-13-11-12-23(27(24)57-36)52-34-32(50-21(7)42)31(49-20(6)41)29(26(53-34)15-45-17(3)38)55-35-33(51-22(8)43)30(48-19(5)40)28(47-18(4)39)25(54-35)14-44-16(2)37/h11-13,25-26,28-35H,10,14-15H2,1-9H3/t25-,26-,28+,29-,30+,31?,32-,33-,34-,35+,36?/m1/s1. The molecule has 21 heteroatoms. The van der Waals surface area contributed by atoms with Crippen molar-refractivity contribution in [3.8, 4) is 17.2 Å². The van der Waals surface area contributed by atoms with E-state index >= 15 is 0 Å². The second kappa shape index (κ2) is 19.3. The molecule has 2 fully saturated rings. The van der Waals surface area contributed by atoms with Crippen LogP contribution in [0.25, 0.3) is 0 Å². The number of carbonyl (C=O) groups excluding carboxylic acids is 7. The molecule has 3 aliphatic rings. The summed E-state index contributed by atoms with van der Waals surface area (Å²) in [4.78, 5) is 86.5. The highest BCUT2D eigenvalue weighted by Gasteiger charge is 2.58. The summed E-state index contributed by atoms with van der Waals surface area (Å²) in [7, 11) is 0. The summed E-state index contributed by atoms with van der Waals surface area (Å²) in [6, 6.07) is 4.63. The van der Waals surface area contributed by atoms with Crippen molar-refractivity contribution in [2.24, 2.45) is 0 Å². The predicted molar refractivity (Wildman–Crippen MR) is 182 cm³/mol. The van der Waals surface area contributed by atoms with Gasteiger partial charge in [-0.2, -0.15) is 0 Å². The molecule has 0 spiro atoms. The number of benzene rings is 1. The van der Waals surface area contributed by atoms with E-state index in [1.807, 2.05) is 0 Å². The van der Waals surface area contributed by atoms with Crippen LogP contribution in [-0.4, -0.2) is 129 Å². The van der Waals surface area contributed by atoms with Crippen molar-refractivity contribution in [3.63, 3.8) is 0 Å². The lowest BCUT2D eigenvalue weighted by atomic mass is 9.96. The Morgan fingerprint density at radius 3 is 1.54 bits per heavy atom. The van der Waals surface area contributed by atoms with E-state index in [1.54, 1.807) is 19.1 Å². The van der Waals surface area contributed by atoms with Gasteiger partial charge in [-0.05, 0) is 19.1 Å². The smallest absolute Gasteiger partial charge is 0.369 e. The molecule has 3 aliphatic heterocycles. The lowest BCUT2D eigenvalue weighted by molar-refractivity contribution is -0.354. The molecule has 316 valence electrons. The van der Waals surface area contributed by atoms with Gasteiger partial charge in [-0.1, -0.05) is 6.07 Å². The predicted octanol–water partition coefficient (Wildman–Crippen LogP) is 1.17. The minimum Gasteiger partial charge on any atom is -0.463 e. The first-order chi connectivity index (χ1) is 26.8. The van der Waals surface area contributed by atoms with E-state index in [-0.39, 0.29) is 23.9 Å². The molecule has 0 aliphatic carbocycles. The maximum absolute atomic E-state index is 12.7. The molecular weight excluding hydrogens is 768 g/mol. The third-order valence-electron chi connectivity index (χ3n) is 8.06. The minimum absolute atomic E-state index is 0.00449. The Balaban J connectivity index is 1.82. The fraction of sp³-hybridized carbons (Fsp3) is 0.639. The highest BCUT2D eigenvalue weighted by molar-refractivity contribution is 5.69. The Morgan fingerprint density at radius 2 is 1.04 bits per heavy atom. The normalized spacial score (nSPS) is 30.2. The highest BCUT2D eigenvalue weighted by atomic mass is 16.9. The average molecular weight is 815 g/mol. The second-order valence-electron chi connectivity index (χ2n) is 12.9. The summed E-state index contributed by atoms with van der Waals surface area (Å²) in [5, 5.41) is 0. The van der Waals surface area contributed by atoms with E-state index in [1.165, 1.54) is 13.0 Å². The van der Waals surface area contributed by atoms with Crippen LogP contribution in [0.5, 0.6) is 17.2 Å². The summed E-state index contributed by atoms with van der Waals surface area (Å²) < 4.78 is 80.5. The fourth-order valence-electron chi connectivity index (χ4n) is 6.19. The third-order valence-corrected chi connectivity index (χ3v) is 8.06. The van der Waals surface area contributed by atoms with Crippen molar-refractivity contribution in [2.75, 3.05) is 19.8 Å². The van der Waals surface area contributed by atoms with Gasteiger partial charge in [-0.25, -0.2) is 0 Å². The Hall–Kier alpha value is -5.25. The maximum Gasteiger partial charge on any atom is 0.369 e. The van der Waals surface area contributed by atoms with E-state index in [9.17, 15) is 33.6 Å². The van der Waals surface area contributed by atoms with E-state index in [0.29, 0.717) is 0 Å². The quantitative estimate of drug-likeness (QED) is 0.178. The van der Waals surface area contributed by atoms with Gasteiger partial charge in [0, 0.05) is 55.4 Å². The molecule has 21 nitrogen and oxygen atoms in total. The zero-order valence-corrected chi connectivity index (χ0v) is 32.7.